The number of nitro groups is 1. The molecule has 1 rings (SSSR count). The second kappa shape index (κ2) is 6.94. The minimum atomic E-state index is -1.43. The van der Waals surface area contributed by atoms with E-state index in [2.05, 4.69) is 5.32 Å². The fraction of sp³-hybridized carbons (Fsp3) is 0.111. The smallest absolute Gasteiger partial charge is 0.548 e. The fourth-order valence-electron chi connectivity index (χ4n) is 1.13. The number of aromatic carboxylic acids is 1. The van der Waals surface area contributed by atoms with Crippen LogP contribution in [0.15, 0.2) is 18.2 Å². The van der Waals surface area contributed by atoms with Crippen LogP contribution in [0.5, 0.6) is 0 Å². The first kappa shape index (κ1) is 16.4. The van der Waals surface area contributed by atoms with Crippen LogP contribution in [0.2, 0.25) is 0 Å². The molecule has 0 saturated carbocycles. The number of hydrogen-bond donors (Lipinski definition) is 2. The number of carboxylic acids is 2. The number of nitrogens with one attached hydrogen (secondary N) is 1. The Kier molecular flexibility index (Phi) is 6.31. The molecule has 8 nitrogen and oxygen atoms in total. The van der Waals surface area contributed by atoms with Gasteiger partial charge < -0.3 is 20.3 Å². The van der Waals surface area contributed by atoms with Crippen LogP contribution >= 0.6 is 0 Å². The van der Waals surface area contributed by atoms with Gasteiger partial charge in [0.25, 0.3) is 5.69 Å². The number of carbonyl (C=O) groups excluding carboxylic acids is 1. The van der Waals surface area contributed by atoms with E-state index in [0.29, 0.717) is 0 Å². The van der Waals surface area contributed by atoms with Gasteiger partial charge in [-0.1, -0.05) is 0 Å². The maximum Gasteiger partial charge on any atom is 1.00 e. The molecular weight excluding hydrogens is 255 g/mol. The predicted octanol–water partition coefficient (Wildman–Crippen LogP) is -3.54. The van der Waals surface area contributed by atoms with Crippen molar-refractivity contribution in [3.63, 3.8) is 0 Å². The van der Waals surface area contributed by atoms with Gasteiger partial charge >= 0.3 is 35.5 Å². The van der Waals surface area contributed by atoms with Crippen molar-refractivity contribution in [1.29, 1.82) is 0 Å². The summed E-state index contributed by atoms with van der Waals surface area (Å²) in [5.41, 5.74) is -0.842. The van der Waals surface area contributed by atoms with Gasteiger partial charge in [-0.15, -0.1) is 0 Å². The van der Waals surface area contributed by atoms with E-state index < -0.39 is 29.1 Å². The molecule has 0 saturated heterocycles. The van der Waals surface area contributed by atoms with E-state index >= 15 is 0 Å². The number of carbonyl (C=O) groups is 2. The van der Waals surface area contributed by atoms with Crippen molar-refractivity contribution in [2.24, 2.45) is 0 Å². The summed E-state index contributed by atoms with van der Waals surface area (Å²) in [6.45, 7) is -0.604. The Morgan fingerprint density at radius 3 is 2.44 bits per heavy atom. The maximum atomic E-state index is 10.7. The van der Waals surface area contributed by atoms with Crippen LogP contribution in [-0.4, -0.2) is 28.5 Å². The standard InChI is InChI=1S/C9H8N2O6.Na/c12-8(13)4-10-6-2-1-5(9(14)15)3-7(6)11(16)17;/h1-3,10H,4H2,(H,12,13)(H,14,15);/q;+1/p-1. The summed E-state index contributed by atoms with van der Waals surface area (Å²) in [6.07, 6.45) is 0. The van der Waals surface area contributed by atoms with Crippen molar-refractivity contribution in [1.82, 2.24) is 0 Å². The van der Waals surface area contributed by atoms with Crippen molar-refractivity contribution < 1.29 is 54.3 Å². The molecule has 1 aromatic rings. The predicted molar refractivity (Wildman–Crippen MR) is 53.6 cm³/mol. The number of aliphatic carboxylic acids is 1. The molecule has 0 radical (unpaired) electrons. The van der Waals surface area contributed by atoms with Crippen LogP contribution in [0.25, 0.3) is 0 Å². The number of carboxylic acid groups (broad SMARTS) is 2. The number of nitro benzene ring substituents is 1. The zero-order chi connectivity index (χ0) is 13.0. The van der Waals surface area contributed by atoms with E-state index in [1.54, 1.807) is 0 Å². The molecule has 0 atom stereocenters. The molecule has 0 aliphatic carbocycles. The number of hydrogen-bond acceptors (Lipinski definition) is 6. The molecule has 0 fully saturated rings. The first-order valence-electron chi connectivity index (χ1n) is 4.37. The molecule has 0 aromatic heterocycles. The van der Waals surface area contributed by atoms with Gasteiger partial charge in [-0.25, -0.2) is 4.79 Å². The van der Waals surface area contributed by atoms with E-state index in [-0.39, 0.29) is 40.8 Å². The van der Waals surface area contributed by atoms with E-state index in [0.717, 1.165) is 18.2 Å². The molecule has 0 spiro atoms. The maximum absolute atomic E-state index is 10.7. The molecule has 0 amide bonds. The summed E-state index contributed by atoms with van der Waals surface area (Å²) < 4.78 is 0. The molecule has 0 bridgehead atoms. The Balaban J connectivity index is 0.00000289. The van der Waals surface area contributed by atoms with Gasteiger partial charge in [-0.3, -0.25) is 10.1 Å². The summed E-state index contributed by atoms with van der Waals surface area (Å²) in [6, 6.07) is 3.11. The van der Waals surface area contributed by atoms with Gasteiger partial charge in [0.1, 0.15) is 5.69 Å². The van der Waals surface area contributed by atoms with Crippen LogP contribution in [0.4, 0.5) is 11.4 Å². The molecule has 0 heterocycles. The quantitative estimate of drug-likeness (QED) is 0.319. The first-order valence-corrected chi connectivity index (χ1v) is 4.37. The molecule has 2 N–H and O–H groups in total. The second-order valence-corrected chi connectivity index (χ2v) is 3.02. The molecule has 1 aromatic carbocycles. The van der Waals surface area contributed by atoms with Gasteiger partial charge in [0.05, 0.1) is 23.0 Å². The van der Waals surface area contributed by atoms with Crippen molar-refractivity contribution >= 4 is 23.3 Å². The second-order valence-electron chi connectivity index (χ2n) is 3.02. The number of benzene rings is 1. The van der Waals surface area contributed by atoms with Gasteiger partial charge in [0.15, 0.2) is 0 Å². The SMILES string of the molecule is O=C([O-])CNc1ccc(C(=O)O)cc1[N+](=O)[O-].[Na+]. The van der Waals surface area contributed by atoms with Gasteiger partial charge in [0.2, 0.25) is 0 Å². The number of anilines is 1. The average molecular weight is 262 g/mol. The minimum Gasteiger partial charge on any atom is -0.548 e. The summed E-state index contributed by atoms with van der Waals surface area (Å²) in [7, 11) is 0. The van der Waals surface area contributed by atoms with Gasteiger partial charge in [0, 0.05) is 6.07 Å². The van der Waals surface area contributed by atoms with E-state index in [1.165, 1.54) is 0 Å². The van der Waals surface area contributed by atoms with Crippen LogP contribution in [-0.2, 0) is 4.79 Å². The van der Waals surface area contributed by atoms with E-state index in [9.17, 15) is 24.8 Å². The zero-order valence-corrected chi connectivity index (χ0v) is 11.4. The molecule has 0 aliphatic rings. The Morgan fingerprint density at radius 2 is 2.00 bits per heavy atom. The third kappa shape index (κ3) is 4.32. The fourth-order valence-corrected chi connectivity index (χ4v) is 1.13. The van der Waals surface area contributed by atoms with Gasteiger partial charge in [-0.05, 0) is 12.1 Å². The Morgan fingerprint density at radius 1 is 1.39 bits per heavy atom. The van der Waals surface area contributed by atoms with Crippen molar-refractivity contribution in [2.75, 3.05) is 11.9 Å². The molecule has 0 unspecified atom stereocenters. The number of rotatable bonds is 5. The average Bonchev–Trinajstić information content (AvgIpc) is 2.25. The zero-order valence-electron chi connectivity index (χ0n) is 9.37. The van der Waals surface area contributed by atoms with E-state index in [1.807, 2.05) is 0 Å². The Bertz CT molecular complexity index is 490. The van der Waals surface area contributed by atoms with Crippen molar-refractivity contribution in [2.45, 2.75) is 0 Å². The third-order valence-electron chi connectivity index (χ3n) is 1.86. The molecule has 90 valence electrons. The topological polar surface area (TPSA) is 133 Å². The summed E-state index contributed by atoms with van der Waals surface area (Å²) >= 11 is 0. The molecule has 9 heteroatoms. The Labute approximate surface area is 123 Å². The minimum absolute atomic E-state index is 0. The van der Waals surface area contributed by atoms with Crippen LogP contribution < -0.4 is 40.0 Å². The molecule has 18 heavy (non-hydrogen) atoms. The van der Waals surface area contributed by atoms with E-state index in [4.69, 9.17) is 5.11 Å². The summed E-state index contributed by atoms with van der Waals surface area (Å²) in [5, 5.41) is 31.8. The largest absolute Gasteiger partial charge is 1.00 e. The monoisotopic (exact) mass is 262 g/mol. The van der Waals surface area contributed by atoms with Crippen LogP contribution in [0.1, 0.15) is 10.4 Å². The number of nitrogens with zero attached hydrogens (tertiary/aromatic N) is 1. The van der Waals surface area contributed by atoms with Crippen LogP contribution in [0, 0.1) is 10.1 Å². The summed E-state index contributed by atoms with van der Waals surface area (Å²) in [4.78, 5) is 30.6. The van der Waals surface area contributed by atoms with Crippen molar-refractivity contribution in [3.8, 4) is 0 Å². The molecule has 0 aliphatic heterocycles. The normalized spacial score (nSPS) is 9.11. The van der Waals surface area contributed by atoms with Gasteiger partial charge in [-0.2, -0.15) is 0 Å². The first-order chi connectivity index (χ1) is 7.91. The molecular formula is C9H7N2NaO6. The van der Waals surface area contributed by atoms with Crippen molar-refractivity contribution in [3.05, 3.63) is 33.9 Å². The van der Waals surface area contributed by atoms with Crippen LogP contribution in [0.3, 0.4) is 0 Å². The summed E-state index contributed by atoms with van der Waals surface area (Å²) in [5.74, 6) is -2.74. The third-order valence-corrected chi connectivity index (χ3v) is 1.86. The Hall–Kier alpha value is -1.64.